The molecule has 17 heavy (non-hydrogen) atoms. The van der Waals surface area contributed by atoms with Gasteiger partial charge in [0.05, 0.1) is 5.69 Å². The van der Waals surface area contributed by atoms with E-state index in [1.54, 1.807) is 0 Å². The number of nitrogens with zero attached hydrogens (tertiary/aromatic N) is 1. The van der Waals surface area contributed by atoms with Gasteiger partial charge in [-0.25, -0.2) is 4.98 Å². The minimum atomic E-state index is 0.593. The molecule has 1 aromatic heterocycles. The fourth-order valence-electron chi connectivity index (χ4n) is 1.71. The van der Waals surface area contributed by atoms with Crippen LogP contribution in [0.25, 0.3) is 10.6 Å². The smallest absolute Gasteiger partial charge is 0.162 e. The van der Waals surface area contributed by atoms with E-state index < -0.39 is 0 Å². The molecule has 0 radical (unpaired) electrons. The van der Waals surface area contributed by atoms with E-state index in [4.69, 9.17) is 15.2 Å². The number of rotatable bonds is 1. The summed E-state index contributed by atoms with van der Waals surface area (Å²) in [7, 11) is 0. The Hall–Kier alpha value is -1.75. The van der Waals surface area contributed by atoms with Crippen molar-refractivity contribution < 1.29 is 9.47 Å². The van der Waals surface area contributed by atoms with Crippen molar-refractivity contribution in [3.05, 3.63) is 23.9 Å². The van der Waals surface area contributed by atoms with Crippen LogP contribution >= 0.6 is 11.3 Å². The zero-order valence-electron chi connectivity index (χ0n) is 9.40. The molecule has 2 aromatic rings. The maximum Gasteiger partial charge on any atom is 0.162 e. The second-order valence-corrected chi connectivity index (χ2v) is 4.86. The molecule has 1 aromatic carbocycles. The molecule has 0 spiro atoms. The van der Waals surface area contributed by atoms with Crippen molar-refractivity contribution >= 4 is 16.3 Å². The van der Waals surface area contributed by atoms with Crippen LogP contribution in [0.1, 0.15) is 5.69 Å². The summed E-state index contributed by atoms with van der Waals surface area (Å²) in [5, 5.41) is 1.67. The van der Waals surface area contributed by atoms with Crippen LogP contribution in [0.3, 0.4) is 0 Å². The number of nitrogen functional groups attached to an aromatic ring is 1. The number of hydrogen-bond donors (Lipinski definition) is 1. The zero-order valence-corrected chi connectivity index (χ0v) is 10.2. The highest BCUT2D eigenvalue weighted by Gasteiger charge is 2.14. The molecular weight excluding hydrogens is 236 g/mol. The Labute approximate surface area is 103 Å². The molecule has 3 rings (SSSR count). The van der Waals surface area contributed by atoms with Gasteiger partial charge in [-0.05, 0) is 25.1 Å². The number of hydrogen-bond acceptors (Lipinski definition) is 5. The second-order valence-electron chi connectivity index (χ2n) is 3.83. The summed E-state index contributed by atoms with van der Waals surface area (Å²) < 4.78 is 11.0. The van der Waals surface area contributed by atoms with Gasteiger partial charge in [-0.1, -0.05) is 11.3 Å². The highest BCUT2D eigenvalue weighted by atomic mass is 32.1. The molecule has 0 fully saturated rings. The Kier molecular flexibility index (Phi) is 2.40. The van der Waals surface area contributed by atoms with Crippen LogP contribution in [0.4, 0.5) is 5.00 Å². The average molecular weight is 248 g/mol. The summed E-state index contributed by atoms with van der Waals surface area (Å²) in [5.41, 5.74) is 7.70. The highest BCUT2D eigenvalue weighted by Crippen LogP contribution is 2.36. The molecule has 0 aliphatic carbocycles. The number of thiazole rings is 1. The van der Waals surface area contributed by atoms with Crippen molar-refractivity contribution in [1.82, 2.24) is 4.98 Å². The minimum absolute atomic E-state index is 0.593. The minimum Gasteiger partial charge on any atom is -0.486 e. The number of aryl methyl sites for hydroxylation is 1. The van der Waals surface area contributed by atoms with Crippen molar-refractivity contribution in [3.63, 3.8) is 0 Å². The molecule has 88 valence electrons. The Balaban J connectivity index is 2.03. The largest absolute Gasteiger partial charge is 0.486 e. The predicted octanol–water partition coefficient (Wildman–Crippen LogP) is 2.47. The lowest BCUT2D eigenvalue weighted by Crippen LogP contribution is -2.15. The van der Waals surface area contributed by atoms with Gasteiger partial charge in [-0.2, -0.15) is 0 Å². The lowest BCUT2D eigenvalue weighted by Gasteiger charge is -2.18. The number of ether oxygens (including phenoxy) is 2. The van der Waals surface area contributed by atoms with Crippen molar-refractivity contribution in [2.24, 2.45) is 0 Å². The van der Waals surface area contributed by atoms with Gasteiger partial charge in [-0.15, -0.1) is 0 Å². The Morgan fingerprint density at radius 3 is 2.71 bits per heavy atom. The summed E-state index contributed by atoms with van der Waals surface area (Å²) in [6.45, 7) is 3.11. The Morgan fingerprint density at radius 1 is 1.24 bits per heavy atom. The Morgan fingerprint density at radius 2 is 2.00 bits per heavy atom. The van der Waals surface area contributed by atoms with Crippen LogP contribution in [-0.4, -0.2) is 18.2 Å². The topological polar surface area (TPSA) is 57.4 Å². The molecule has 4 nitrogen and oxygen atoms in total. The molecule has 2 heterocycles. The van der Waals surface area contributed by atoms with E-state index in [9.17, 15) is 0 Å². The van der Waals surface area contributed by atoms with Crippen molar-refractivity contribution in [3.8, 4) is 22.1 Å². The maximum absolute atomic E-state index is 5.82. The van der Waals surface area contributed by atoms with Gasteiger partial charge < -0.3 is 15.2 Å². The first kappa shape index (κ1) is 10.4. The molecule has 0 amide bonds. The Bertz CT molecular complexity index is 546. The number of nitrogens with two attached hydrogens (primary N) is 1. The fourth-order valence-corrected chi connectivity index (χ4v) is 2.54. The molecule has 0 unspecified atom stereocenters. The first-order valence-electron chi connectivity index (χ1n) is 5.37. The molecular formula is C12H12N2O2S. The molecule has 1 aliphatic rings. The first-order valence-corrected chi connectivity index (χ1v) is 6.18. The normalized spacial score (nSPS) is 13.7. The van der Waals surface area contributed by atoms with Crippen molar-refractivity contribution in [1.29, 1.82) is 0 Å². The van der Waals surface area contributed by atoms with Gasteiger partial charge in [0.25, 0.3) is 0 Å². The molecule has 1 aliphatic heterocycles. The molecule has 5 heteroatoms. The van der Waals surface area contributed by atoms with Gasteiger partial charge in [0, 0.05) is 5.56 Å². The van der Waals surface area contributed by atoms with E-state index in [0.29, 0.717) is 13.2 Å². The van der Waals surface area contributed by atoms with Gasteiger partial charge in [-0.3, -0.25) is 0 Å². The standard InChI is InChI=1S/C12H12N2O2S/c1-7-11(13)17-12(14-7)8-2-3-9-10(6-8)16-5-4-15-9/h2-3,6H,4-5,13H2,1H3. The van der Waals surface area contributed by atoms with Crippen LogP contribution in [-0.2, 0) is 0 Å². The van der Waals surface area contributed by atoms with E-state index in [1.807, 2.05) is 25.1 Å². The van der Waals surface area contributed by atoms with Crippen molar-refractivity contribution in [2.75, 3.05) is 18.9 Å². The highest BCUT2D eigenvalue weighted by molar-refractivity contribution is 7.18. The predicted molar refractivity (Wildman–Crippen MR) is 67.7 cm³/mol. The maximum atomic E-state index is 5.82. The van der Waals surface area contributed by atoms with Crippen LogP contribution < -0.4 is 15.2 Å². The number of anilines is 1. The van der Waals surface area contributed by atoms with E-state index in [1.165, 1.54) is 11.3 Å². The summed E-state index contributed by atoms with van der Waals surface area (Å²) in [5.74, 6) is 1.57. The molecule has 0 atom stereocenters. The fraction of sp³-hybridized carbons (Fsp3) is 0.250. The van der Waals surface area contributed by atoms with Gasteiger partial charge >= 0.3 is 0 Å². The third-order valence-corrected chi connectivity index (χ3v) is 3.66. The molecule has 2 N–H and O–H groups in total. The first-order chi connectivity index (χ1) is 8.24. The molecule has 0 saturated carbocycles. The average Bonchev–Trinajstić information content (AvgIpc) is 2.69. The molecule has 0 saturated heterocycles. The summed E-state index contributed by atoms with van der Waals surface area (Å²) in [6.07, 6.45) is 0. The summed E-state index contributed by atoms with van der Waals surface area (Å²) in [4.78, 5) is 4.43. The van der Waals surface area contributed by atoms with Gasteiger partial charge in [0.15, 0.2) is 11.5 Å². The number of aromatic nitrogens is 1. The lowest BCUT2D eigenvalue weighted by molar-refractivity contribution is 0.171. The van der Waals surface area contributed by atoms with E-state index in [2.05, 4.69) is 4.98 Å². The van der Waals surface area contributed by atoms with E-state index in [0.717, 1.165) is 32.8 Å². The number of benzene rings is 1. The van der Waals surface area contributed by atoms with Crippen LogP contribution in [0.2, 0.25) is 0 Å². The SMILES string of the molecule is Cc1nc(-c2ccc3c(c2)OCCO3)sc1N. The second kappa shape index (κ2) is 3.92. The lowest BCUT2D eigenvalue weighted by atomic mass is 10.2. The van der Waals surface area contributed by atoms with Crippen LogP contribution in [0, 0.1) is 6.92 Å². The molecule has 0 bridgehead atoms. The van der Waals surface area contributed by atoms with Gasteiger partial charge in [0.2, 0.25) is 0 Å². The number of fused-ring (bicyclic) bond motifs is 1. The third kappa shape index (κ3) is 1.82. The monoisotopic (exact) mass is 248 g/mol. The summed E-state index contributed by atoms with van der Waals surface area (Å²) >= 11 is 1.49. The van der Waals surface area contributed by atoms with Crippen LogP contribution in [0.15, 0.2) is 18.2 Å². The van der Waals surface area contributed by atoms with Crippen LogP contribution in [0.5, 0.6) is 11.5 Å². The summed E-state index contributed by atoms with van der Waals surface area (Å²) in [6, 6.07) is 5.84. The van der Waals surface area contributed by atoms with E-state index >= 15 is 0 Å². The van der Waals surface area contributed by atoms with Crippen molar-refractivity contribution in [2.45, 2.75) is 6.92 Å². The third-order valence-electron chi connectivity index (χ3n) is 2.62. The van der Waals surface area contributed by atoms with E-state index in [-0.39, 0.29) is 0 Å². The quantitative estimate of drug-likeness (QED) is 0.842. The van der Waals surface area contributed by atoms with Gasteiger partial charge in [0.1, 0.15) is 23.2 Å². The zero-order chi connectivity index (χ0) is 11.8.